The first-order valence-corrected chi connectivity index (χ1v) is 13.0. The summed E-state index contributed by atoms with van der Waals surface area (Å²) in [4.78, 5) is 18.3. The fourth-order valence-corrected chi connectivity index (χ4v) is 4.92. The molecule has 1 saturated heterocycles. The monoisotopic (exact) mass is 526 g/mol. The molecule has 0 bridgehead atoms. The van der Waals surface area contributed by atoms with Crippen LogP contribution in [0.3, 0.4) is 0 Å². The molecule has 0 radical (unpaired) electrons. The standard InChI is InChI=1S/C28H31FN10/c1-19(2)38-17-21(13-34-38)20-12-25-26(33-18-35-39(25)16-20)36-8-10-37(11-9-36)27-31-14-23(15-32-27)28(3,30)22-4-6-24(29)7-5-22/h4-7,12-19H,8-11,30H2,1-3H3. The topological polar surface area (TPSA) is 106 Å². The van der Waals surface area contributed by atoms with Gasteiger partial charge in [0.1, 0.15) is 17.7 Å². The van der Waals surface area contributed by atoms with E-state index in [1.165, 1.54) is 12.1 Å². The van der Waals surface area contributed by atoms with Crippen molar-refractivity contribution in [2.45, 2.75) is 32.4 Å². The fourth-order valence-electron chi connectivity index (χ4n) is 4.92. The summed E-state index contributed by atoms with van der Waals surface area (Å²) < 4.78 is 17.2. The van der Waals surface area contributed by atoms with Gasteiger partial charge in [-0.15, -0.1) is 0 Å². The first-order chi connectivity index (χ1) is 18.8. The molecule has 5 heterocycles. The number of nitrogens with zero attached hydrogens (tertiary/aromatic N) is 9. The first kappa shape index (κ1) is 24.9. The summed E-state index contributed by atoms with van der Waals surface area (Å²) in [6.45, 7) is 9.15. The van der Waals surface area contributed by atoms with Gasteiger partial charge in [0, 0.05) is 73.7 Å². The van der Waals surface area contributed by atoms with Crippen LogP contribution in [0.1, 0.15) is 37.9 Å². The zero-order valence-electron chi connectivity index (χ0n) is 22.2. The number of aromatic nitrogens is 7. The summed E-state index contributed by atoms with van der Waals surface area (Å²) in [5.41, 5.74) is 10.4. The second kappa shape index (κ2) is 9.73. The molecule has 2 N–H and O–H groups in total. The lowest BCUT2D eigenvalue weighted by Gasteiger charge is -2.35. The van der Waals surface area contributed by atoms with E-state index in [-0.39, 0.29) is 5.82 Å². The predicted octanol–water partition coefficient (Wildman–Crippen LogP) is 3.65. The van der Waals surface area contributed by atoms with Gasteiger partial charge in [0.05, 0.1) is 11.7 Å². The number of hydrogen-bond acceptors (Lipinski definition) is 8. The Balaban J connectivity index is 1.16. The van der Waals surface area contributed by atoms with E-state index in [4.69, 9.17) is 5.73 Å². The maximum atomic E-state index is 13.4. The Morgan fingerprint density at radius 3 is 2.21 bits per heavy atom. The number of nitrogens with two attached hydrogens (primary N) is 1. The Morgan fingerprint density at radius 2 is 1.54 bits per heavy atom. The number of hydrogen-bond donors (Lipinski definition) is 1. The molecule has 200 valence electrons. The van der Waals surface area contributed by atoms with Gasteiger partial charge in [-0.3, -0.25) is 4.68 Å². The number of fused-ring (bicyclic) bond motifs is 1. The molecular formula is C28H31FN10. The molecule has 4 aromatic heterocycles. The Kier molecular flexibility index (Phi) is 6.22. The average Bonchev–Trinajstić information content (AvgIpc) is 3.61. The quantitative estimate of drug-likeness (QED) is 0.357. The van der Waals surface area contributed by atoms with Crippen molar-refractivity contribution >= 4 is 17.3 Å². The van der Waals surface area contributed by atoms with E-state index in [2.05, 4.69) is 61.1 Å². The molecule has 0 amide bonds. The van der Waals surface area contributed by atoms with Crippen molar-refractivity contribution in [3.05, 3.63) is 84.6 Å². The van der Waals surface area contributed by atoms with E-state index >= 15 is 0 Å². The summed E-state index contributed by atoms with van der Waals surface area (Å²) in [5, 5.41) is 8.91. The van der Waals surface area contributed by atoms with Gasteiger partial charge in [-0.1, -0.05) is 12.1 Å². The van der Waals surface area contributed by atoms with Crippen LogP contribution in [0.5, 0.6) is 0 Å². The van der Waals surface area contributed by atoms with Gasteiger partial charge in [0.15, 0.2) is 5.82 Å². The van der Waals surface area contributed by atoms with Crippen molar-refractivity contribution in [3.8, 4) is 11.1 Å². The summed E-state index contributed by atoms with van der Waals surface area (Å²) in [6, 6.07) is 8.64. The van der Waals surface area contributed by atoms with E-state index < -0.39 is 5.54 Å². The van der Waals surface area contributed by atoms with Gasteiger partial charge < -0.3 is 15.5 Å². The number of benzene rings is 1. The molecule has 1 atom stereocenters. The van der Waals surface area contributed by atoms with Crippen LogP contribution in [0, 0.1) is 5.82 Å². The highest BCUT2D eigenvalue weighted by atomic mass is 19.1. The van der Waals surface area contributed by atoms with Gasteiger partial charge in [0.2, 0.25) is 5.95 Å². The maximum Gasteiger partial charge on any atom is 0.225 e. The van der Waals surface area contributed by atoms with Crippen molar-refractivity contribution < 1.29 is 4.39 Å². The Bertz CT molecular complexity index is 1580. The van der Waals surface area contributed by atoms with Crippen molar-refractivity contribution in [1.29, 1.82) is 0 Å². The smallest absolute Gasteiger partial charge is 0.225 e. The number of rotatable bonds is 6. The van der Waals surface area contributed by atoms with Crippen molar-refractivity contribution in [3.63, 3.8) is 0 Å². The van der Waals surface area contributed by atoms with E-state index in [1.807, 2.05) is 28.5 Å². The lowest BCUT2D eigenvalue weighted by atomic mass is 9.87. The lowest BCUT2D eigenvalue weighted by Crippen LogP contribution is -2.47. The largest absolute Gasteiger partial charge is 0.351 e. The van der Waals surface area contributed by atoms with E-state index in [1.54, 1.807) is 30.9 Å². The van der Waals surface area contributed by atoms with Crippen LogP contribution in [0.2, 0.25) is 0 Å². The molecule has 1 unspecified atom stereocenters. The molecule has 11 heteroatoms. The molecule has 39 heavy (non-hydrogen) atoms. The minimum Gasteiger partial charge on any atom is -0.351 e. The number of halogens is 1. The summed E-state index contributed by atoms with van der Waals surface area (Å²) in [6.07, 6.45) is 11.1. The molecule has 0 aliphatic carbocycles. The molecular weight excluding hydrogens is 495 g/mol. The molecule has 6 rings (SSSR count). The highest BCUT2D eigenvalue weighted by Crippen LogP contribution is 2.29. The first-order valence-electron chi connectivity index (χ1n) is 13.0. The van der Waals surface area contributed by atoms with Crippen LogP contribution in [-0.2, 0) is 5.54 Å². The summed E-state index contributed by atoms with van der Waals surface area (Å²) >= 11 is 0. The Labute approximate surface area is 225 Å². The molecule has 10 nitrogen and oxygen atoms in total. The summed E-state index contributed by atoms with van der Waals surface area (Å²) in [5.74, 6) is 1.27. The highest BCUT2D eigenvalue weighted by Gasteiger charge is 2.26. The molecule has 1 fully saturated rings. The molecule has 0 saturated carbocycles. The van der Waals surface area contributed by atoms with Crippen LogP contribution in [-0.4, -0.2) is 60.5 Å². The SMILES string of the molecule is CC(C)n1cc(-c2cc3c(N4CCN(c5ncc(C(C)(N)c6ccc(F)cc6)cn5)CC4)ncnn3c2)cn1. The fraction of sp³-hybridized carbons (Fsp3) is 0.321. The van der Waals surface area contributed by atoms with Crippen LogP contribution >= 0.6 is 0 Å². The van der Waals surface area contributed by atoms with Crippen LogP contribution in [0.4, 0.5) is 16.2 Å². The van der Waals surface area contributed by atoms with Crippen LogP contribution < -0.4 is 15.5 Å². The second-order valence-electron chi connectivity index (χ2n) is 10.4. The van der Waals surface area contributed by atoms with Gasteiger partial charge in [0.25, 0.3) is 0 Å². The van der Waals surface area contributed by atoms with Crippen molar-refractivity contribution in [1.82, 2.24) is 34.3 Å². The number of piperazine rings is 1. The van der Waals surface area contributed by atoms with Crippen LogP contribution in [0.15, 0.2) is 67.6 Å². The Hall–Kier alpha value is -4.38. The third kappa shape index (κ3) is 4.69. The minimum absolute atomic E-state index is 0.293. The third-order valence-electron chi connectivity index (χ3n) is 7.39. The molecule has 1 aliphatic rings. The van der Waals surface area contributed by atoms with E-state index in [0.29, 0.717) is 12.0 Å². The zero-order valence-corrected chi connectivity index (χ0v) is 22.2. The van der Waals surface area contributed by atoms with Crippen molar-refractivity contribution in [2.24, 2.45) is 5.73 Å². The van der Waals surface area contributed by atoms with Gasteiger partial charge in [-0.25, -0.2) is 23.9 Å². The number of anilines is 2. The van der Waals surface area contributed by atoms with Gasteiger partial charge in [-0.05, 0) is 44.5 Å². The lowest BCUT2D eigenvalue weighted by molar-refractivity contribution is 0.532. The second-order valence-corrected chi connectivity index (χ2v) is 10.4. The minimum atomic E-state index is -0.827. The normalized spacial score (nSPS) is 15.7. The van der Waals surface area contributed by atoms with Gasteiger partial charge in [-0.2, -0.15) is 10.2 Å². The molecule has 0 spiro atoms. The van der Waals surface area contributed by atoms with Gasteiger partial charge >= 0.3 is 0 Å². The third-order valence-corrected chi connectivity index (χ3v) is 7.39. The Morgan fingerprint density at radius 1 is 0.846 bits per heavy atom. The molecule has 5 aromatic rings. The molecule has 1 aliphatic heterocycles. The summed E-state index contributed by atoms with van der Waals surface area (Å²) in [7, 11) is 0. The zero-order chi connectivity index (χ0) is 27.1. The maximum absolute atomic E-state index is 13.4. The van der Waals surface area contributed by atoms with E-state index in [9.17, 15) is 4.39 Å². The van der Waals surface area contributed by atoms with Crippen molar-refractivity contribution in [2.75, 3.05) is 36.0 Å². The van der Waals surface area contributed by atoms with Crippen LogP contribution in [0.25, 0.3) is 16.6 Å². The molecule has 1 aromatic carbocycles. The highest BCUT2D eigenvalue weighted by molar-refractivity contribution is 5.77. The average molecular weight is 527 g/mol. The van der Waals surface area contributed by atoms with E-state index in [0.717, 1.165) is 59.8 Å². The predicted molar refractivity (Wildman–Crippen MR) is 148 cm³/mol.